The van der Waals surface area contributed by atoms with Gasteiger partial charge in [-0.2, -0.15) is 0 Å². The average molecular weight is 461 g/mol. The van der Waals surface area contributed by atoms with Crippen molar-refractivity contribution in [3.8, 4) is 16.9 Å². The third-order valence-corrected chi connectivity index (χ3v) is 6.46. The number of nitrogens with one attached hydrogen (secondary N) is 1. The number of likely N-dealkylation sites (tertiary alicyclic amines) is 1. The van der Waals surface area contributed by atoms with Crippen LogP contribution in [0.2, 0.25) is 0 Å². The van der Waals surface area contributed by atoms with Crippen molar-refractivity contribution in [1.82, 2.24) is 10.2 Å². The molecule has 1 saturated heterocycles. The van der Waals surface area contributed by atoms with Gasteiger partial charge in [-0.05, 0) is 50.8 Å². The monoisotopic (exact) mass is 460 g/mol. The van der Waals surface area contributed by atoms with Gasteiger partial charge in [0.05, 0.1) is 13.4 Å². The van der Waals surface area contributed by atoms with Gasteiger partial charge in [-0.1, -0.05) is 29.8 Å². The molecule has 1 aromatic heterocycles. The summed E-state index contributed by atoms with van der Waals surface area (Å²) in [5, 5.41) is 3.92. The summed E-state index contributed by atoms with van der Waals surface area (Å²) in [4.78, 5) is 26.2. The first-order valence-corrected chi connectivity index (χ1v) is 11.8. The van der Waals surface area contributed by atoms with Crippen molar-refractivity contribution < 1.29 is 18.7 Å². The van der Waals surface area contributed by atoms with Gasteiger partial charge >= 0.3 is 0 Å². The number of nitrogens with zero attached hydrogens (tertiary/aromatic N) is 1. The molecule has 1 aliphatic rings. The summed E-state index contributed by atoms with van der Waals surface area (Å²) in [6, 6.07) is 10.4. The zero-order valence-electron chi connectivity index (χ0n) is 20.4. The van der Waals surface area contributed by atoms with Crippen molar-refractivity contribution in [1.29, 1.82) is 0 Å². The number of benzene rings is 2. The molecule has 2 amide bonds. The third-order valence-electron chi connectivity index (χ3n) is 6.46. The maximum absolute atomic E-state index is 12.6. The van der Waals surface area contributed by atoms with Crippen LogP contribution in [0.3, 0.4) is 0 Å². The van der Waals surface area contributed by atoms with E-state index in [0.717, 1.165) is 58.2 Å². The quantitative estimate of drug-likeness (QED) is 0.368. The van der Waals surface area contributed by atoms with Gasteiger partial charge in [0, 0.05) is 54.2 Å². The van der Waals surface area contributed by atoms with E-state index in [1.807, 2.05) is 24.8 Å². The Morgan fingerprint density at radius 1 is 1.24 bits per heavy atom. The maximum atomic E-state index is 12.6. The highest BCUT2D eigenvalue weighted by Gasteiger charge is 2.20. The lowest BCUT2D eigenvalue weighted by atomic mass is 9.96. The Morgan fingerprint density at radius 2 is 2.00 bits per heavy atom. The molecule has 1 fully saturated rings. The summed E-state index contributed by atoms with van der Waals surface area (Å²) in [5.41, 5.74) is 6.64. The molecule has 178 valence electrons. The molecule has 0 spiro atoms. The second kappa shape index (κ2) is 10.2. The summed E-state index contributed by atoms with van der Waals surface area (Å²) < 4.78 is 11.6. The minimum Gasteiger partial charge on any atom is -0.496 e. The van der Waals surface area contributed by atoms with Gasteiger partial charge in [-0.15, -0.1) is 0 Å². The highest BCUT2D eigenvalue weighted by molar-refractivity contribution is 6.01. The topological polar surface area (TPSA) is 71.8 Å². The number of carbonyl (C=O) groups excluding carboxylic acids is 2. The zero-order valence-corrected chi connectivity index (χ0v) is 20.4. The number of furan rings is 1. The summed E-state index contributed by atoms with van der Waals surface area (Å²) in [5.74, 6) is 0.756. The van der Waals surface area contributed by atoms with Crippen LogP contribution in [0.4, 0.5) is 0 Å². The van der Waals surface area contributed by atoms with Crippen molar-refractivity contribution in [2.24, 2.45) is 0 Å². The summed E-state index contributed by atoms with van der Waals surface area (Å²) in [7, 11) is 1.63. The van der Waals surface area contributed by atoms with Gasteiger partial charge in [0.1, 0.15) is 11.3 Å². The molecule has 0 radical (unpaired) electrons. The Kier molecular flexibility index (Phi) is 7.06. The third kappa shape index (κ3) is 4.86. The lowest BCUT2D eigenvalue weighted by molar-refractivity contribution is -0.127. The Balaban J connectivity index is 1.54. The Morgan fingerprint density at radius 3 is 2.68 bits per heavy atom. The van der Waals surface area contributed by atoms with E-state index in [1.165, 1.54) is 5.56 Å². The van der Waals surface area contributed by atoms with Crippen molar-refractivity contribution in [2.45, 2.75) is 40.0 Å². The van der Waals surface area contributed by atoms with E-state index in [4.69, 9.17) is 9.15 Å². The Bertz CT molecular complexity index is 1240. The van der Waals surface area contributed by atoms with E-state index >= 15 is 0 Å². The molecule has 4 rings (SSSR count). The summed E-state index contributed by atoms with van der Waals surface area (Å²) >= 11 is 0. The molecule has 2 aromatic carbocycles. The number of carbonyl (C=O) groups is 2. The first-order valence-electron chi connectivity index (χ1n) is 11.8. The van der Waals surface area contributed by atoms with Crippen LogP contribution in [-0.2, 0) is 9.59 Å². The fourth-order valence-electron chi connectivity index (χ4n) is 4.58. The predicted molar refractivity (Wildman–Crippen MR) is 135 cm³/mol. The lowest BCUT2D eigenvalue weighted by Gasteiger charge is -2.15. The van der Waals surface area contributed by atoms with Crippen LogP contribution in [-0.4, -0.2) is 43.5 Å². The van der Waals surface area contributed by atoms with Gasteiger partial charge < -0.3 is 19.4 Å². The molecule has 0 atom stereocenters. The van der Waals surface area contributed by atoms with E-state index in [1.54, 1.807) is 19.4 Å². The van der Waals surface area contributed by atoms with E-state index < -0.39 is 0 Å². The highest BCUT2D eigenvalue weighted by atomic mass is 16.5. The van der Waals surface area contributed by atoms with Crippen LogP contribution in [0.15, 0.2) is 47.1 Å². The van der Waals surface area contributed by atoms with E-state index in [9.17, 15) is 9.59 Å². The number of aryl methyl sites for hydroxylation is 2. The number of ether oxygens (including phenoxy) is 1. The van der Waals surface area contributed by atoms with Gasteiger partial charge in [0.25, 0.3) is 0 Å². The number of hydrogen-bond donors (Lipinski definition) is 1. The molecule has 6 heteroatoms. The maximum Gasteiger partial charge on any atom is 0.244 e. The smallest absolute Gasteiger partial charge is 0.244 e. The minimum atomic E-state index is -0.156. The van der Waals surface area contributed by atoms with E-state index in [-0.39, 0.29) is 11.8 Å². The molecular weight excluding hydrogens is 428 g/mol. The summed E-state index contributed by atoms with van der Waals surface area (Å²) in [6.45, 7) is 7.99. The average Bonchev–Trinajstić information content (AvgIpc) is 3.43. The van der Waals surface area contributed by atoms with Crippen LogP contribution in [0.1, 0.15) is 42.9 Å². The fourth-order valence-corrected chi connectivity index (χ4v) is 4.58. The van der Waals surface area contributed by atoms with Crippen molar-refractivity contribution in [2.75, 3.05) is 26.7 Å². The van der Waals surface area contributed by atoms with Crippen molar-refractivity contribution >= 4 is 28.4 Å². The molecule has 1 aliphatic heterocycles. The van der Waals surface area contributed by atoms with Gasteiger partial charge in [0.2, 0.25) is 11.8 Å². The lowest BCUT2D eigenvalue weighted by Crippen LogP contribution is -2.30. The number of fused-ring (bicyclic) bond motifs is 1. The van der Waals surface area contributed by atoms with Gasteiger partial charge in [-0.3, -0.25) is 9.59 Å². The Hall–Kier alpha value is -3.54. The van der Waals surface area contributed by atoms with Crippen LogP contribution in [0.25, 0.3) is 27.7 Å². The number of hydrogen-bond acceptors (Lipinski definition) is 4. The molecule has 0 bridgehead atoms. The molecule has 34 heavy (non-hydrogen) atoms. The first-order chi connectivity index (χ1) is 16.4. The molecule has 1 N–H and O–H groups in total. The Labute approximate surface area is 200 Å². The number of rotatable bonds is 8. The van der Waals surface area contributed by atoms with Gasteiger partial charge in [-0.25, -0.2) is 0 Å². The molecule has 0 saturated carbocycles. The van der Waals surface area contributed by atoms with Crippen molar-refractivity contribution in [3.05, 3.63) is 59.4 Å². The molecule has 6 nitrogen and oxygen atoms in total. The number of amides is 2. The zero-order chi connectivity index (χ0) is 24.2. The standard InChI is InChI=1S/C28H32N2O4/c1-18-8-10-21(11-9-18)24-17-34-28-20(3)27(33-4)22(16-23(24)28)19(2)15-25(31)29-12-6-14-30-13-5-7-26(30)32/h8-11,15-17H,5-7,12-14H2,1-4H3,(H,29,31)/b19-15+. The van der Waals surface area contributed by atoms with Crippen LogP contribution < -0.4 is 10.1 Å². The normalized spacial score (nSPS) is 14.2. The summed E-state index contributed by atoms with van der Waals surface area (Å²) in [6.07, 6.45) is 5.70. The van der Waals surface area contributed by atoms with Crippen LogP contribution in [0.5, 0.6) is 5.75 Å². The number of methoxy groups -OCH3 is 1. The SMILES string of the molecule is COc1c(/C(C)=C/C(=O)NCCCN2CCCC2=O)cc2c(-c3ccc(C)cc3)coc2c1C. The minimum absolute atomic E-state index is 0.156. The van der Waals surface area contributed by atoms with Gasteiger partial charge in [0.15, 0.2) is 0 Å². The van der Waals surface area contributed by atoms with E-state index in [2.05, 4.69) is 36.5 Å². The molecule has 3 aromatic rings. The highest BCUT2D eigenvalue weighted by Crippen LogP contribution is 2.40. The second-order valence-electron chi connectivity index (χ2n) is 8.93. The predicted octanol–water partition coefficient (Wildman–Crippen LogP) is 5.26. The van der Waals surface area contributed by atoms with E-state index in [0.29, 0.717) is 25.3 Å². The molecule has 0 unspecified atom stereocenters. The second-order valence-corrected chi connectivity index (χ2v) is 8.93. The van der Waals surface area contributed by atoms with Crippen LogP contribution in [0, 0.1) is 13.8 Å². The van der Waals surface area contributed by atoms with Crippen LogP contribution >= 0.6 is 0 Å². The largest absolute Gasteiger partial charge is 0.496 e. The molecule has 2 heterocycles. The first kappa shape index (κ1) is 23.6. The molecular formula is C28H32N2O4. The number of allylic oxidation sites excluding steroid dienone is 1. The molecule has 0 aliphatic carbocycles. The van der Waals surface area contributed by atoms with Crippen molar-refractivity contribution in [3.63, 3.8) is 0 Å². The fraction of sp³-hybridized carbons (Fsp3) is 0.357.